The molecule has 0 bridgehead atoms. The van der Waals surface area contributed by atoms with E-state index in [9.17, 15) is 0 Å². The summed E-state index contributed by atoms with van der Waals surface area (Å²) in [4.78, 5) is 2.46. The van der Waals surface area contributed by atoms with Crippen LogP contribution in [0.4, 0.5) is 5.69 Å². The van der Waals surface area contributed by atoms with Crippen LogP contribution in [-0.4, -0.2) is 43.2 Å². The van der Waals surface area contributed by atoms with E-state index in [1.165, 1.54) is 38.5 Å². The van der Waals surface area contributed by atoms with Crippen molar-refractivity contribution in [3.63, 3.8) is 0 Å². The van der Waals surface area contributed by atoms with Gasteiger partial charge < -0.3 is 4.90 Å². The Kier molecular flexibility index (Phi) is 4.12. The van der Waals surface area contributed by atoms with Crippen molar-refractivity contribution in [1.29, 1.82) is 0 Å². The van der Waals surface area contributed by atoms with E-state index in [0.29, 0.717) is 6.04 Å². The first-order valence-electron chi connectivity index (χ1n) is 10.4. The first kappa shape index (κ1) is 17.2. The van der Waals surface area contributed by atoms with E-state index in [1.807, 2.05) is 17.1 Å². The minimum absolute atomic E-state index is 0.579. The molecule has 0 spiro atoms. The first-order valence-corrected chi connectivity index (χ1v) is 11.7. The third-order valence-corrected chi connectivity index (χ3v) is 8.10. The topological polar surface area (TPSA) is 38.9 Å². The van der Waals surface area contributed by atoms with E-state index < -0.39 is 0 Å². The lowest BCUT2D eigenvalue weighted by atomic mass is 10.1. The molecular weight excluding hydrogens is 390 g/mol. The number of nitrogens with zero attached hydrogens (tertiary/aromatic N) is 5. The molecule has 3 aromatic rings. The normalized spacial score (nSPS) is 21.0. The molecule has 7 heteroatoms. The van der Waals surface area contributed by atoms with Gasteiger partial charge in [-0.3, -0.25) is 4.68 Å². The van der Waals surface area contributed by atoms with Crippen molar-refractivity contribution in [3.05, 3.63) is 35.7 Å². The highest BCUT2D eigenvalue weighted by atomic mass is 35.5. The Morgan fingerprint density at radius 1 is 0.929 bits per heavy atom. The molecule has 1 aromatic carbocycles. The quantitative estimate of drug-likeness (QED) is 0.585. The molecule has 28 heavy (non-hydrogen) atoms. The maximum atomic E-state index is 6.68. The van der Waals surface area contributed by atoms with Gasteiger partial charge in [-0.2, -0.15) is 22.0 Å². The monoisotopic (exact) mass is 413 g/mol. The summed E-state index contributed by atoms with van der Waals surface area (Å²) in [6, 6.07) is 4.86. The zero-order chi connectivity index (χ0) is 18.7. The second-order valence-electron chi connectivity index (χ2n) is 8.35. The van der Waals surface area contributed by atoms with Crippen LogP contribution < -0.4 is 4.90 Å². The Hall–Kier alpha value is -1.66. The maximum absolute atomic E-state index is 6.68. The van der Waals surface area contributed by atoms with Crippen molar-refractivity contribution in [2.45, 2.75) is 55.1 Å². The summed E-state index contributed by atoms with van der Waals surface area (Å²) in [6.07, 6.45) is 13.7. The van der Waals surface area contributed by atoms with Crippen molar-refractivity contribution in [3.8, 4) is 5.69 Å². The standard InChI is InChI=1S/C21H24ClN5S/c22-19-9-14-11-24-27(16-12-23-26(13-16)15-1-2-15)20(14)10-21(19)25-7-5-18(6-8-25)28-17-3-4-17/h9-13,15,17-18H,1-8H2. The van der Waals surface area contributed by atoms with Crippen LogP contribution in [0.3, 0.4) is 0 Å². The molecule has 2 saturated carbocycles. The second kappa shape index (κ2) is 6.70. The van der Waals surface area contributed by atoms with Gasteiger partial charge in [-0.15, -0.1) is 0 Å². The van der Waals surface area contributed by atoms with Gasteiger partial charge >= 0.3 is 0 Å². The number of benzene rings is 1. The number of rotatable bonds is 5. The molecule has 3 aliphatic rings. The van der Waals surface area contributed by atoms with Crippen LogP contribution in [0.15, 0.2) is 30.7 Å². The van der Waals surface area contributed by atoms with E-state index in [4.69, 9.17) is 11.6 Å². The summed E-state index contributed by atoms with van der Waals surface area (Å²) in [5.41, 5.74) is 3.26. The zero-order valence-electron chi connectivity index (χ0n) is 15.8. The van der Waals surface area contributed by atoms with Gasteiger partial charge in [-0.05, 0) is 50.7 Å². The lowest BCUT2D eigenvalue weighted by Gasteiger charge is -2.34. The average Bonchev–Trinajstić information content (AvgIpc) is 3.63. The summed E-state index contributed by atoms with van der Waals surface area (Å²) >= 11 is 8.89. The number of halogens is 1. The highest BCUT2D eigenvalue weighted by Gasteiger charge is 2.29. The third kappa shape index (κ3) is 3.20. The molecule has 0 radical (unpaired) electrons. The van der Waals surface area contributed by atoms with Crippen LogP contribution in [0, 0.1) is 0 Å². The van der Waals surface area contributed by atoms with Crippen molar-refractivity contribution in [2.75, 3.05) is 18.0 Å². The third-order valence-electron chi connectivity index (χ3n) is 6.08. The smallest absolute Gasteiger partial charge is 0.103 e. The van der Waals surface area contributed by atoms with E-state index in [2.05, 4.69) is 49.9 Å². The molecule has 1 saturated heterocycles. The zero-order valence-corrected chi connectivity index (χ0v) is 17.4. The van der Waals surface area contributed by atoms with Gasteiger partial charge in [0.15, 0.2) is 0 Å². The number of hydrogen-bond donors (Lipinski definition) is 0. The molecule has 3 heterocycles. The van der Waals surface area contributed by atoms with Gasteiger partial charge in [-0.1, -0.05) is 11.6 Å². The molecule has 2 aliphatic carbocycles. The van der Waals surface area contributed by atoms with Crippen molar-refractivity contribution >= 4 is 40.0 Å². The molecule has 0 atom stereocenters. The summed E-state index contributed by atoms with van der Waals surface area (Å²) < 4.78 is 4.07. The Labute approximate surface area is 174 Å². The lowest BCUT2D eigenvalue weighted by Crippen LogP contribution is -2.35. The summed E-state index contributed by atoms with van der Waals surface area (Å²) in [6.45, 7) is 2.17. The predicted octanol–water partition coefficient (Wildman–Crippen LogP) is 5.07. The fourth-order valence-corrected chi connectivity index (χ4v) is 5.90. The predicted molar refractivity (Wildman–Crippen MR) is 116 cm³/mol. The molecule has 3 fully saturated rings. The van der Waals surface area contributed by atoms with Crippen molar-refractivity contribution < 1.29 is 0 Å². The number of hydrogen-bond acceptors (Lipinski definition) is 4. The molecular formula is C21H24ClN5S. The fourth-order valence-electron chi connectivity index (χ4n) is 4.17. The Morgan fingerprint density at radius 3 is 2.46 bits per heavy atom. The van der Waals surface area contributed by atoms with Gasteiger partial charge in [0.1, 0.15) is 5.69 Å². The molecule has 5 nitrogen and oxygen atoms in total. The summed E-state index contributed by atoms with van der Waals surface area (Å²) in [7, 11) is 0. The largest absolute Gasteiger partial charge is 0.370 e. The van der Waals surface area contributed by atoms with Crippen LogP contribution in [0.2, 0.25) is 5.02 Å². The maximum Gasteiger partial charge on any atom is 0.103 e. The summed E-state index contributed by atoms with van der Waals surface area (Å²) in [5.74, 6) is 0. The molecule has 146 valence electrons. The number of fused-ring (bicyclic) bond motifs is 1. The van der Waals surface area contributed by atoms with Crippen LogP contribution >= 0.6 is 23.4 Å². The first-order chi connectivity index (χ1) is 13.7. The molecule has 6 rings (SSSR count). The van der Waals surface area contributed by atoms with Crippen molar-refractivity contribution in [1.82, 2.24) is 19.6 Å². The summed E-state index contributed by atoms with van der Waals surface area (Å²) in [5, 5.41) is 12.8. The van der Waals surface area contributed by atoms with E-state index in [0.717, 1.165) is 50.9 Å². The van der Waals surface area contributed by atoms with Crippen LogP contribution in [0.5, 0.6) is 0 Å². The SMILES string of the molecule is Clc1cc2cnn(-c3cnn(C4CC4)c3)c2cc1N1CCC(SC2CC2)CC1. The lowest BCUT2D eigenvalue weighted by molar-refractivity contribution is 0.591. The average molecular weight is 414 g/mol. The van der Waals surface area contributed by atoms with Gasteiger partial charge in [0.2, 0.25) is 0 Å². The Balaban J connectivity index is 1.28. The van der Waals surface area contributed by atoms with Gasteiger partial charge in [0.25, 0.3) is 0 Å². The molecule has 1 aliphatic heterocycles. The van der Waals surface area contributed by atoms with Crippen molar-refractivity contribution in [2.24, 2.45) is 0 Å². The number of anilines is 1. The fraction of sp³-hybridized carbons (Fsp3) is 0.524. The van der Waals surface area contributed by atoms with Crippen LogP contribution in [0.25, 0.3) is 16.6 Å². The Morgan fingerprint density at radius 2 is 1.71 bits per heavy atom. The van der Waals surface area contributed by atoms with E-state index >= 15 is 0 Å². The highest BCUT2D eigenvalue weighted by molar-refractivity contribution is 8.00. The van der Waals surface area contributed by atoms with Crippen LogP contribution in [0.1, 0.15) is 44.6 Å². The van der Waals surface area contributed by atoms with E-state index in [1.54, 1.807) is 0 Å². The van der Waals surface area contributed by atoms with E-state index in [-0.39, 0.29) is 0 Å². The second-order valence-corrected chi connectivity index (χ2v) is 10.4. The van der Waals surface area contributed by atoms with Gasteiger partial charge in [0.05, 0.1) is 40.9 Å². The molecule has 0 N–H and O–H groups in total. The Bertz CT molecular complexity index is 1010. The number of aromatic nitrogens is 4. The minimum atomic E-state index is 0.579. The molecule has 2 aromatic heterocycles. The number of thioether (sulfide) groups is 1. The minimum Gasteiger partial charge on any atom is -0.370 e. The van der Waals surface area contributed by atoms with Gasteiger partial charge in [0, 0.05) is 29.0 Å². The number of piperidine rings is 1. The molecule has 0 amide bonds. The van der Waals surface area contributed by atoms with Gasteiger partial charge in [-0.25, -0.2) is 4.68 Å². The molecule has 0 unspecified atom stereocenters. The van der Waals surface area contributed by atoms with Crippen LogP contribution in [-0.2, 0) is 0 Å². The highest BCUT2D eigenvalue weighted by Crippen LogP contribution is 2.41.